The van der Waals surface area contributed by atoms with Gasteiger partial charge in [-0.3, -0.25) is 9.38 Å². The number of fused-ring (bicyclic) bond motifs is 16. The van der Waals surface area contributed by atoms with Gasteiger partial charge in [-0.25, -0.2) is 9.97 Å². The van der Waals surface area contributed by atoms with E-state index < -0.39 is 0 Å². The number of nitrogens with zero attached hydrogens (tertiary/aromatic N) is 6. The summed E-state index contributed by atoms with van der Waals surface area (Å²) in [6.45, 7) is 0. The fourth-order valence-corrected chi connectivity index (χ4v) is 7.85. The van der Waals surface area contributed by atoms with Crippen molar-refractivity contribution in [3.05, 3.63) is 146 Å². The van der Waals surface area contributed by atoms with Crippen molar-refractivity contribution in [3.63, 3.8) is 0 Å². The number of hydrogen-bond acceptors (Lipinski definition) is 3. The number of rotatable bonds is 2. The van der Waals surface area contributed by atoms with Crippen LogP contribution in [0.15, 0.2) is 146 Å². The van der Waals surface area contributed by atoms with Gasteiger partial charge in [0.2, 0.25) is 0 Å². The quantitative estimate of drug-likeness (QED) is 0.186. The molecule has 0 atom stereocenters. The lowest BCUT2D eigenvalue weighted by molar-refractivity contribution is 1.15. The third kappa shape index (κ3) is 3.16. The van der Waals surface area contributed by atoms with E-state index in [4.69, 9.17) is 15.0 Å². The van der Waals surface area contributed by atoms with E-state index in [1.807, 2.05) is 30.6 Å². The van der Waals surface area contributed by atoms with Crippen molar-refractivity contribution in [2.75, 3.05) is 0 Å². The Morgan fingerprint density at radius 2 is 1.04 bits per heavy atom. The monoisotopic (exact) mass is 600 g/mol. The van der Waals surface area contributed by atoms with Gasteiger partial charge in [-0.2, -0.15) is 0 Å². The van der Waals surface area contributed by atoms with Gasteiger partial charge in [-0.05, 0) is 66.7 Å². The molecule has 6 nitrogen and oxygen atoms in total. The van der Waals surface area contributed by atoms with Crippen LogP contribution in [0.4, 0.5) is 0 Å². The Bertz CT molecular complexity index is 3060. The summed E-state index contributed by atoms with van der Waals surface area (Å²) in [5.74, 6) is 0. The highest BCUT2D eigenvalue weighted by atomic mass is 15.1. The lowest BCUT2D eigenvalue weighted by Gasteiger charge is -2.12. The molecule has 11 aromatic rings. The minimum Gasteiger partial charge on any atom is -0.307 e. The summed E-state index contributed by atoms with van der Waals surface area (Å²) in [4.78, 5) is 15.0. The molecule has 0 fully saturated rings. The fourth-order valence-electron chi connectivity index (χ4n) is 7.85. The smallest absolute Gasteiger partial charge is 0.165 e. The second-order valence-corrected chi connectivity index (χ2v) is 12.1. The van der Waals surface area contributed by atoms with E-state index in [1.165, 1.54) is 27.2 Å². The van der Waals surface area contributed by atoms with Gasteiger partial charge in [0.25, 0.3) is 0 Å². The van der Waals surface area contributed by atoms with E-state index in [0.29, 0.717) is 0 Å². The van der Waals surface area contributed by atoms with Gasteiger partial charge in [0.05, 0.1) is 33.1 Å². The van der Waals surface area contributed by atoms with E-state index in [9.17, 15) is 0 Å². The molecule has 0 saturated carbocycles. The molecule has 6 heteroatoms. The number of imidazole rings is 1. The van der Waals surface area contributed by atoms with Crippen molar-refractivity contribution < 1.29 is 0 Å². The average Bonchev–Trinajstić information content (AvgIpc) is 3.80. The first kappa shape index (κ1) is 24.8. The van der Waals surface area contributed by atoms with Crippen LogP contribution in [0.5, 0.6) is 0 Å². The van der Waals surface area contributed by atoms with Crippen LogP contribution >= 0.6 is 0 Å². The Kier molecular flexibility index (Phi) is 4.75. The Labute approximate surface area is 267 Å². The summed E-state index contributed by atoms with van der Waals surface area (Å²) < 4.78 is 7.04. The van der Waals surface area contributed by atoms with E-state index >= 15 is 0 Å². The molecule has 0 radical (unpaired) electrons. The molecule has 0 saturated heterocycles. The van der Waals surface area contributed by atoms with E-state index in [0.717, 1.165) is 66.4 Å². The predicted molar refractivity (Wildman–Crippen MR) is 192 cm³/mol. The van der Waals surface area contributed by atoms with Crippen LogP contribution in [0, 0.1) is 0 Å². The second-order valence-electron chi connectivity index (χ2n) is 12.1. The summed E-state index contributed by atoms with van der Waals surface area (Å²) in [6, 6.07) is 47.3. The molecule has 0 spiro atoms. The molecular formula is C41H24N6. The maximum atomic E-state index is 5.25. The molecule has 0 aliphatic rings. The standard InChI is InChI=1S/C41H24N6/c1-3-11-25(12-4-1)45-32-17-8-7-15-27(32)28-19-20-30-35-33(46(39(30)38(28)45)26-13-5-2-6-14-26)22-21-29-36(35)41-44-31-16-9-24-43-40(31)47(41)34-18-10-23-42-37(29)34/h1-24H. The summed E-state index contributed by atoms with van der Waals surface area (Å²) in [5.41, 5.74) is 11.4. The lowest BCUT2D eigenvalue weighted by Crippen LogP contribution is -1.98. The molecule has 0 N–H and O–H groups in total. The molecule has 0 amide bonds. The van der Waals surface area contributed by atoms with Crippen LogP contribution in [0.3, 0.4) is 0 Å². The fraction of sp³-hybridized carbons (Fsp3) is 0. The van der Waals surface area contributed by atoms with Crippen molar-refractivity contribution in [1.82, 2.24) is 28.5 Å². The maximum absolute atomic E-state index is 5.25. The highest BCUT2D eigenvalue weighted by molar-refractivity contribution is 6.32. The Hall–Kier alpha value is -6.53. The van der Waals surface area contributed by atoms with Crippen molar-refractivity contribution in [2.24, 2.45) is 0 Å². The van der Waals surface area contributed by atoms with Crippen LogP contribution < -0.4 is 0 Å². The third-order valence-corrected chi connectivity index (χ3v) is 9.68. The molecule has 218 valence electrons. The number of para-hydroxylation sites is 3. The van der Waals surface area contributed by atoms with Gasteiger partial charge in [0, 0.05) is 56.1 Å². The largest absolute Gasteiger partial charge is 0.307 e. The van der Waals surface area contributed by atoms with Gasteiger partial charge in [-0.15, -0.1) is 0 Å². The Morgan fingerprint density at radius 3 is 1.87 bits per heavy atom. The molecule has 0 bridgehead atoms. The van der Waals surface area contributed by atoms with Crippen LogP contribution in [0.1, 0.15) is 0 Å². The van der Waals surface area contributed by atoms with Gasteiger partial charge < -0.3 is 9.13 Å². The molecule has 0 aliphatic carbocycles. The maximum Gasteiger partial charge on any atom is 0.165 e. The first-order valence-corrected chi connectivity index (χ1v) is 15.8. The minimum absolute atomic E-state index is 0.831. The average molecular weight is 601 g/mol. The van der Waals surface area contributed by atoms with Gasteiger partial charge in [0.15, 0.2) is 5.65 Å². The topological polar surface area (TPSA) is 52.9 Å². The number of aromatic nitrogens is 6. The van der Waals surface area contributed by atoms with Crippen molar-refractivity contribution in [3.8, 4) is 11.4 Å². The Balaban J connectivity index is 1.47. The molecule has 0 unspecified atom stereocenters. The molecule has 11 rings (SSSR count). The van der Waals surface area contributed by atoms with Crippen LogP contribution in [-0.4, -0.2) is 28.5 Å². The zero-order chi connectivity index (χ0) is 30.6. The van der Waals surface area contributed by atoms with E-state index in [-0.39, 0.29) is 0 Å². The van der Waals surface area contributed by atoms with Gasteiger partial charge in [0.1, 0.15) is 11.2 Å². The lowest BCUT2D eigenvalue weighted by atomic mass is 10.0. The van der Waals surface area contributed by atoms with Crippen LogP contribution in [0.25, 0.3) is 93.6 Å². The molecule has 5 aromatic carbocycles. The zero-order valence-corrected chi connectivity index (χ0v) is 25.0. The molecule has 6 aromatic heterocycles. The first-order valence-electron chi connectivity index (χ1n) is 15.8. The van der Waals surface area contributed by atoms with Crippen LogP contribution in [-0.2, 0) is 0 Å². The van der Waals surface area contributed by atoms with Gasteiger partial charge in [-0.1, -0.05) is 66.7 Å². The molecule has 0 aliphatic heterocycles. The SMILES string of the molecule is c1ccc(-n2c3ccccc3c3ccc4c5c6c(ccc5n(-c5ccccc5)c4c32)c2ncccc2n2c3ncccc3nc62)cc1. The summed E-state index contributed by atoms with van der Waals surface area (Å²) in [6.07, 6.45) is 3.71. The van der Waals surface area contributed by atoms with Gasteiger partial charge >= 0.3 is 0 Å². The predicted octanol–water partition coefficient (Wildman–Crippen LogP) is 9.78. The minimum atomic E-state index is 0.831. The van der Waals surface area contributed by atoms with Crippen molar-refractivity contribution in [2.45, 2.75) is 0 Å². The van der Waals surface area contributed by atoms with Crippen molar-refractivity contribution >= 4 is 82.2 Å². The van der Waals surface area contributed by atoms with E-state index in [1.54, 1.807) is 0 Å². The highest BCUT2D eigenvalue weighted by Crippen LogP contribution is 2.45. The number of benzene rings is 5. The molecular weight excluding hydrogens is 576 g/mol. The van der Waals surface area contributed by atoms with Crippen LogP contribution in [0.2, 0.25) is 0 Å². The summed E-state index contributed by atoms with van der Waals surface area (Å²) in [5, 5.41) is 6.92. The zero-order valence-electron chi connectivity index (χ0n) is 25.0. The normalized spacial score (nSPS) is 12.3. The summed E-state index contributed by atoms with van der Waals surface area (Å²) in [7, 11) is 0. The van der Waals surface area contributed by atoms with Crippen molar-refractivity contribution in [1.29, 1.82) is 0 Å². The third-order valence-electron chi connectivity index (χ3n) is 9.68. The summed E-state index contributed by atoms with van der Waals surface area (Å²) >= 11 is 0. The molecule has 47 heavy (non-hydrogen) atoms. The van der Waals surface area contributed by atoms with E-state index in [2.05, 4.69) is 129 Å². The second kappa shape index (κ2) is 9.02. The first-order chi connectivity index (χ1) is 23.4. The highest BCUT2D eigenvalue weighted by Gasteiger charge is 2.25. The number of pyridine rings is 3. The molecule has 6 heterocycles. The Morgan fingerprint density at radius 1 is 0.404 bits per heavy atom. The number of hydrogen-bond donors (Lipinski definition) is 0.